The Morgan fingerprint density at radius 1 is 0.328 bits per heavy atom. The van der Waals surface area contributed by atoms with Gasteiger partial charge in [-0.05, 0) is 64.2 Å². The number of esters is 3. The number of hydrogen-bond acceptors (Lipinski definition) is 6. The van der Waals surface area contributed by atoms with Crippen molar-refractivity contribution in [1.82, 2.24) is 0 Å². The van der Waals surface area contributed by atoms with Crippen LogP contribution in [0.25, 0.3) is 0 Å². The van der Waals surface area contributed by atoms with Gasteiger partial charge in [0.1, 0.15) is 13.2 Å². The van der Waals surface area contributed by atoms with Crippen molar-refractivity contribution in [3.8, 4) is 0 Å². The number of ether oxygens (including phenoxy) is 3. The van der Waals surface area contributed by atoms with Gasteiger partial charge in [-0.2, -0.15) is 0 Å². The van der Waals surface area contributed by atoms with E-state index in [1.54, 1.807) is 0 Å². The van der Waals surface area contributed by atoms with Gasteiger partial charge in [-0.15, -0.1) is 0 Å². The van der Waals surface area contributed by atoms with Crippen LogP contribution in [0, 0.1) is 0 Å². The summed E-state index contributed by atoms with van der Waals surface area (Å²) in [4.78, 5) is 38.0. The van der Waals surface area contributed by atoms with E-state index in [0.29, 0.717) is 19.3 Å². The average Bonchev–Trinajstić information content (AvgIpc) is 3.29. The Hall–Kier alpha value is -2.89. The quantitative estimate of drug-likeness (QED) is 0.0262. The summed E-state index contributed by atoms with van der Waals surface area (Å²) in [5, 5.41) is 0. The monoisotopic (exact) mass is 895 g/mol. The van der Waals surface area contributed by atoms with E-state index in [4.69, 9.17) is 14.2 Å². The van der Waals surface area contributed by atoms with Gasteiger partial charge in [0, 0.05) is 19.3 Å². The average molecular weight is 895 g/mol. The molecule has 0 fully saturated rings. The van der Waals surface area contributed by atoms with Gasteiger partial charge < -0.3 is 14.2 Å². The van der Waals surface area contributed by atoms with E-state index in [1.807, 2.05) is 0 Å². The molecule has 370 valence electrons. The van der Waals surface area contributed by atoms with Gasteiger partial charge in [0.05, 0.1) is 0 Å². The lowest BCUT2D eigenvalue weighted by molar-refractivity contribution is -0.167. The van der Waals surface area contributed by atoms with Crippen molar-refractivity contribution >= 4 is 17.9 Å². The molecule has 0 rings (SSSR count). The molecule has 1 unspecified atom stereocenters. The van der Waals surface area contributed by atoms with Crippen LogP contribution in [0.3, 0.4) is 0 Å². The maximum atomic E-state index is 12.8. The fraction of sp³-hybridized carbons (Fsp3) is 0.776. The molecule has 0 aliphatic heterocycles. The number of unbranched alkanes of at least 4 members (excludes halogenated alkanes) is 31. The molecule has 0 amide bonds. The topological polar surface area (TPSA) is 78.9 Å². The molecular weight excluding hydrogens is 793 g/mol. The Morgan fingerprint density at radius 3 is 0.969 bits per heavy atom. The maximum Gasteiger partial charge on any atom is 0.306 e. The summed E-state index contributed by atoms with van der Waals surface area (Å²) in [5.74, 6) is -0.929. The number of carbonyl (C=O) groups excluding carboxylic acids is 3. The first-order chi connectivity index (χ1) is 31.5. The van der Waals surface area contributed by atoms with E-state index in [1.165, 1.54) is 135 Å². The van der Waals surface area contributed by atoms with Crippen molar-refractivity contribution in [3.05, 3.63) is 60.8 Å². The standard InChI is InChI=1S/C58H102O6/c1-4-7-10-13-16-19-22-25-27-29-31-33-36-39-42-45-48-51-57(60)63-54-55(53-62-56(59)50-47-44-41-38-35-32-24-21-18-15-12-9-6-3)64-58(61)52-49-46-43-40-37-34-30-28-26-23-20-17-14-11-8-5-2/h9,12,15,18,21,24,28,30,34,37,55H,4-8,10-11,13-14,16-17,19-20,22-23,25-27,29,31-33,35-36,38-54H2,1-3H3/b12-9-,18-15-,24-21-,30-28-,37-34-. The van der Waals surface area contributed by atoms with Crippen molar-refractivity contribution in [1.29, 1.82) is 0 Å². The zero-order valence-electron chi connectivity index (χ0n) is 42.3. The molecule has 0 bridgehead atoms. The molecule has 0 aliphatic carbocycles. The lowest BCUT2D eigenvalue weighted by atomic mass is 10.0. The summed E-state index contributed by atoms with van der Waals surface area (Å²) in [6.45, 7) is 6.48. The van der Waals surface area contributed by atoms with E-state index < -0.39 is 6.10 Å². The van der Waals surface area contributed by atoms with Crippen LogP contribution >= 0.6 is 0 Å². The highest BCUT2D eigenvalue weighted by Gasteiger charge is 2.19. The van der Waals surface area contributed by atoms with Crippen LogP contribution < -0.4 is 0 Å². The van der Waals surface area contributed by atoms with E-state index in [9.17, 15) is 14.4 Å². The predicted molar refractivity (Wildman–Crippen MR) is 275 cm³/mol. The minimum atomic E-state index is -0.794. The Balaban J connectivity index is 4.41. The molecule has 0 aliphatic rings. The van der Waals surface area contributed by atoms with Crippen molar-refractivity contribution in [2.75, 3.05) is 13.2 Å². The Bertz CT molecular complexity index is 1170. The first-order valence-electron chi connectivity index (χ1n) is 27.3. The third-order valence-electron chi connectivity index (χ3n) is 11.8. The maximum absolute atomic E-state index is 12.8. The highest BCUT2D eigenvalue weighted by atomic mass is 16.6. The molecule has 0 radical (unpaired) electrons. The molecular formula is C58H102O6. The fourth-order valence-electron chi connectivity index (χ4n) is 7.73. The summed E-state index contributed by atoms with van der Waals surface area (Å²) >= 11 is 0. The van der Waals surface area contributed by atoms with E-state index in [2.05, 4.69) is 81.5 Å². The third-order valence-corrected chi connectivity index (χ3v) is 11.8. The number of carbonyl (C=O) groups is 3. The highest BCUT2D eigenvalue weighted by Crippen LogP contribution is 2.16. The Kier molecular flexibility index (Phi) is 50.4. The first-order valence-corrected chi connectivity index (χ1v) is 27.3. The summed E-state index contributed by atoms with van der Waals surface area (Å²) in [5.41, 5.74) is 0. The second-order valence-corrected chi connectivity index (χ2v) is 18.2. The van der Waals surface area contributed by atoms with E-state index in [0.717, 1.165) is 96.3 Å². The van der Waals surface area contributed by atoms with Crippen molar-refractivity contribution < 1.29 is 28.6 Å². The Morgan fingerprint density at radius 2 is 0.609 bits per heavy atom. The minimum absolute atomic E-state index is 0.0895. The molecule has 0 saturated heterocycles. The summed E-state index contributed by atoms with van der Waals surface area (Å²) < 4.78 is 16.8. The normalized spacial score (nSPS) is 12.5. The molecule has 64 heavy (non-hydrogen) atoms. The molecule has 0 aromatic heterocycles. The highest BCUT2D eigenvalue weighted by molar-refractivity contribution is 5.71. The zero-order chi connectivity index (χ0) is 46.5. The van der Waals surface area contributed by atoms with E-state index in [-0.39, 0.29) is 31.1 Å². The van der Waals surface area contributed by atoms with Gasteiger partial charge in [-0.25, -0.2) is 0 Å². The number of rotatable bonds is 49. The molecule has 0 aromatic rings. The van der Waals surface area contributed by atoms with Crippen LogP contribution in [0.15, 0.2) is 60.8 Å². The summed E-state index contributed by atoms with van der Waals surface area (Å²) in [6.07, 6.45) is 65.0. The first kappa shape index (κ1) is 61.1. The summed E-state index contributed by atoms with van der Waals surface area (Å²) in [7, 11) is 0. The van der Waals surface area contributed by atoms with Gasteiger partial charge in [0.25, 0.3) is 0 Å². The largest absolute Gasteiger partial charge is 0.462 e. The smallest absolute Gasteiger partial charge is 0.306 e. The van der Waals surface area contributed by atoms with Gasteiger partial charge in [-0.1, -0.05) is 248 Å². The minimum Gasteiger partial charge on any atom is -0.462 e. The second kappa shape index (κ2) is 52.7. The van der Waals surface area contributed by atoms with Crippen molar-refractivity contribution in [2.45, 2.75) is 277 Å². The molecule has 1 atom stereocenters. The molecule has 0 spiro atoms. The number of hydrogen-bond donors (Lipinski definition) is 0. The molecule has 0 saturated carbocycles. The van der Waals surface area contributed by atoms with Gasteiger partial charge in [-0.3, -0.25) is 14.4 Å². The van der Waals surface area contributed by atoms with Gasteiger partial charge >= 0.3 is 17.9 Å². The lowest BCUT2D eigenvalue weighted by Gasteiger charge is -2.18. The van der Waals surface area contributed by atoms with Crippen LogP contribution in [0.5, 0.6) is 0 Å². The number of allylic oxidation sites excluding steroid dienone is 10. The van der Waals surface area contributed by atoms with Crippen LogP contribution in [0.2, 0.25) is 0 Å². The lowest BCUT2D eigenvalue weighted by Crippen LogP contribution is -2.30. The third kappa shape index (κ3) is 50.1. The van der Waals surface area contributed by atoms with Crippen LogP contribution in [-0.4, -0.2) is 37.2 Å². The van der Waals surface area contributed by atoms with Crippen molar-refractivity contribution in [3.63, 3.8) is 0 Å². The molecule has 6 heteroatoms. The molecule has 0 aromatic carbocycles. The summed E-state index contributed by atoms with van der Waals surface area (Å²) in [6, 6.07) is 0. The predicted octanol–water partition coefficient (Wildman–Crippen LogP) is 18.0. The molecule has 6 nitrogen and oxygen atoms in total. The van der Waals surface area contributed by atoms with Crippen molar-refractivity contribution in [2.24, 2.45) is 0 Å². The van der Waals surface area contributed by atoms with Crippen LogP contribution in [-0.2, 0) is 28.6 Å². The molecule has 0 N–H and O–H groups in total. The molecule has 0 heterocycles. The van der Waals surface area contributed by atoms with Crippen LogP contribution in [0.1, 0.15) is 271 Å². The zero-order valence-corrected chi connectivity index (χ0v) is 42.3. The Labute approximate surface area is 396 Å². The van der Waals surface area contributed by atoms with Gasteiger partial charge in [0.2, 0.25) is 0 Å². The van der Waals surface area contributed by atoms with Gasteiger partial charge in [0.15, 0.2) is 6.10 Å². The van der Waals surface area contributed by atoms with E-state index >= 15 is 0 Å². The van der Waals surface area contributed by atoms with Crippen LogP contribution in [0.4, 0.5) is 0 Å². The SMILES string of the molecule is CC\C=C/C=C\C=C/CCCCCCCC(=O)OCC(COC(=O)CCCCCCCCCCCCCCCCCCC)OC(=O)CCCCC/C=C\C=C/CCCCCCCCC. The fourth-order valence-corrected chi connectivity index (χ4v) is 7.73. The second-order valence-electron chi connectivity index (χ2n) is 18.2.